The zero-order valence-corrected chi connectivity index (χ0v) is 26.8. The van der Waals surface area contributed by atoms with Crippen molar-refractivity contribution in [3.8, 4) is 11.5 Å². The second kappa shape index (κ2) is 13.7. The van der Waals surface area contributed by atoms with E-state index in [-0.39, 0.29) is 35.2 Å². The van der Waals surface area contributed by atoms with Crippen LogP contribution in [0.15, 0.2) is 33.3 Å². The van der Waals surface area contributed by atoms with Crippen LogP contribution < -0.4 is 5.73 Å². The molecule has 1 aliphatic carbocycles. The standard InChI is InChI=1S/C28H36BrN5O5S.CH5N/c1-32(2)40(38,39)31-17-33-8-5-18(16-33)11-25(37)34-9-6-19(7-10-34)27-26-20(13-23(35)14-24(26)36)3-4-21-12-22(29)15-30-28(21)27;1-2/h12-15,17-19,27,35-36H,3-11,16H2,1-2H3;2H2,1H3/b31-17-;. The first-order valence-electron chi connectivity index (χ1n) is 14.3. The summed E-state index contributed by atoms with van der Waals surface area (Å²) in [5, 5.41) is 21.1. The first kappa shape index (κ1) is 32.2. The van der Waals surface area contributed by atoms with Gasteiger partial charge in [0.25, 0.3) is 0 Å². The number of hydrogen-bond donors (Lipinski definition) is 3. The predicted molar refractivity (Wildman–Crippen MR) is 166 cm³/mol. The minimum Gasteiger partial charge on any atom is -0.508 e. The number of likely N-dealkylation sites (tertiary alicyclic amines) is 2. The normalized spacial score (nSPS) is 21.1. The van der Waals surface area contributed by atoms with E-state index in [2.05, 4.69) is 32.1 Å². The molecule has 1 aromatic carbocycles. The van der Waals surface area contributed by atoms with Crippen LogP contribution in [-0.4, -0.2) is 97.3 Å². The second-order valence-electron chi connectivity index (χ2n) is 11.3. The van der Waals surface area contributed by atoms with Crippen molar-refractivity contribution in [2.24, 2.45) is 22.0 Å². The number of hydrogen-bond acceptors (Lipinski definition) is 7. The Hall–Kier alpha value is -2.74. The number of amides is 1. The fraction of sp³-hybridized carbons (Fsp3) is 0.552. The number of halogens is 1. The number of aromatic hydroxyl groups is 2. The van der Waals surface area contributed by atoms with E-state index in [4.69, 9.17) is 4.98 Å². The van der Waals surface area contributed by atoms with Crippen LogP contribution in [0.5, 0.6) is 11.5 Å². The summed E-state index contributed by atoms with van der Waals surface area (Å²) in [6.45, 7) is 2.56. The fourth-order valence-corrected chi connectivity index (χ4v) is 7.12. The molecule has 0 bridgehead atoms. The number of phenolic OH excluding ortho intramolecular Hbond substituents is 2. The van der Waals surface area contributed by atoms with Gasteiger partial charge in [0.05, 0.1) is 5.69 Å². The highest BCUT2D eigenvalue weighted by atomic mass is 79.9. The second-order valence-corrected chi connectivity index (χ2v) is 14.0. The molecule has 1 amide bonds. The fourth-order valence-electron chi connectivity index (χ4n) is 6.30. The average molecular weight is 666 g/mol. The van der Waals surface area contributed by atoms with Crippen molar-refractivity contribution in [3.63, 3.8) is 0 Å². The molecule has 1 aromatic heterocycles. The first-order chi connectivity index (χ1) is 20.0. The molecule has 4 N–H and O–H groups in total. The molecule has 3 heterocycles. The maximum atomic E-state index is 13.2. The average Bonchev–Trinajstić information content (AvgIpc) is 3.34. The van der Waals surface area contributed by atoms with E-state index in [9.17, 15) is 23.4 Å². The highest BCUT2D eigenvalue weighted by Crippen LogP contribution is 2.47. The number of pyridine rings is 1. The Labute approximate surface area is 256 Å². The summed E-state index contributed by atoms with van der Waals surface area (Å²) < 4.78 is 29.5. The number of rotatable bonds is 6. The lowest BCUT2D eigenvalue weighted by molar-refractivity contribution is -0.133. The number of aromatic nitrogens is 1. The molecule has 2 saturated heterocycles. The predicted octanol–water partition coefficient (Wildman–Crippen LogP) is 2.85. The molecular formula is C29H41BrN6O5S. The van der Waals surface area contributed by atoms with E-state index in [0.29, 0.717) is 39.0 Å². The summed E-state index contributed by atoms with van der Waals surface area (Å²) in [5.74, 6) is 0.529. The van der Waals surface area contributed by atoms with Crippen molar-refractivity contribution in [2.75, 3.05) is 47.3 Å². The Morgan fingerprint density at radius 3 is 2.50 bits per heavy atom. The number of carbonyl (C=O) groups excluding carboxylic acids is 1. The summed E-state index contributed by atoms with van der Waals surface area (Å²) in [7, 11) is 0.731. The summed E-state index contributed by atoms with van der Waals surface area (Å²) in [4.78, 5) is 21.8. The van der Waals surface area contributed by atoms with Gasteiger partial charge in [0.15, 0.2) is 0 Å². The minimum absolute atomic E-state index is 0.0617. The molecule has 0 spiro atoms. The van der Waals surface area contributed by atoms with Crippen molar-refractivity contribution < 1.29 is 23.4 Å². The molecule has 2 aliphatic heterocycles. The zero-order chi connectivity index (χ0) is 30.6. The summed E-state index contributed by atoms with van der Waals surface area (Å²) >= 11 is 3.54. The van der Waals surface area contributed by atoms with E-state index < -0.39 is 10.2 Å². The molecule has 13 heteroatoms. The summed E-state index contributed by atoms with van der Waals surface area (Å²) in [6.07, 6.45) is 7.49. The molecule has 2 aromatic rings. The topological polar surface area (TPSA) is 153 Å². The molecule has 0 saturated carbocycles. The van der Waals surface area contributed by atoms with Gasteiger partial charge >= 0.3 is 10.2 Å². The third-order valence-corrected chi connectivity index (χ3v) is 10.1. The van der Waals surface area contributed by atoms with E-state index in [1.807, 2.05) is 9.80 Å². The van der Waals surface area contributed by atoms with Gasteiger partial charge in [-0.25, -0.2) is 0 Å². The molecular weight excluding hydrogens is 624 g/mol. The smallest absolute Gasteiger partial charge is 0.323 e. The molecule has 0 radical (unpaired) electrons. The molecule has 2 fully saturated rings. The van der Waals surface area contributed by atoms with Gasteiger partial charge in [-0.05, 0) is 90.2 Å². The quantitative estimate of drug-likeness (QED) is 0.315. The van der Waals surface area contributed by atoms with Crippen molar-refractivity contribution in [1.82, 2.24) is 19.1 Å². The molecule has 230 valence electrons. The van der Waals surface area contributed by atoms with Gasteiger partial charge in [-0.15, -0.1) is 4.40 Å². The molecule has 2 atom stereocenters. The number of nitrogens with zero attached hydrogens (tertiary/aromatic N) is 5. The van der Waals surface area contributed by atoms with Crippen LogP contribution in [0.4, 0.5) is 0 Å². The molecule has 2 unspecified atom stereocenters. The molecule has 3 aliphatic rings. The Bertz CT molecular complexity index is 1410. The van der Waals surface area contributed by atoms with Gasteiger partial charge < -0.3 is 25.7 Å². The van der Waals surface area contributed by atoms with Gasteiger partial charge in [0.2, 0.25) is 5.91 Å². The number of carbonyl (C=O) groups is 1. The van der Waals surface area contributed by atoms with Crippen molar-refractivity contribution in [2.45, 2.75) is 44.4 Å². The van der Waals surface area contributed by atoms with Crippen LogP contribution >= 0.6 is 15.9 Å². The SMILES string of the molecule is CN.CN(C)S(=O)(=O)/N=C\N1CCC(CC(=O)N2CCC(C3c4ncc(Br)cc4CCc4cc(O)cc(O)c43)CC2)C1. The van der Waals surface area contributed by atoms with Crippen LogP contribution in [-0.2, 0) is 27.8 Å². The third-order valence-electron chi connectivity index (χ3n) is 8.42. The van der Waals surface area contributed by atoms with Gasteiger partial charge in [0, 0.05) is 74.9 Å². The lowest BCUT2D eigenvalue weighted by Crippen LogP contribution is -2.41. The van der Waals surface area contributed by atoms with Gasteiger partial charge in [-0.1, -0.05) is 0 Å². The Morgan fingerprint density at radius 1 is 1.12 bits per heavy atom. The zero-order valence-electron chi connectivity index (χ0n) is 24.4. The number of fused-ring (bicyclic) bond motifs is 2. The number of nitrogens with two attached hydrogens (primary N) is 1. The van der Waals surface area contributed by atoms with Crippen LogP contribution in [0.25, 0.3) is 0 Å². The number of benzene rings is 1. The summed E-state index contributed by atoms with van der Waals surface area (Å²) in [6, 6.07) is 5.27. The van der Waals surface area contributed by atoms with Crippen LogP contribution in [0.2, 0.25) is 0 Å². The number of aryl methyl sites for hydroxylation is 2. The largest absolute Gasteiger partial charge is 0.508 e. The van der Waals surface area contributed by atoms with E-state index in [1.54, 1.807) is 12.3 Å². The Morgan fingerprint density at radius 2 is 1.81 bits per heavy atom. The number of phenols is 2. The highest BCUT2D eigenvalue weighted by molar-refractivity contribution is 9.10. The monoisotopic (exact) mass is 664 g/mol. The summed E-state index contributed by atoms with van der Waals surface area (Å²) in [5.41, 5.74) is 8.40. The van der Waals surface area contributed by atoms with E-state index in [0.717, 1.165) is 56.8 Å². The molecule has 42 heavy (non-hydrogen) atoms. The van der Waals surface area contributed by atoms with Gasteiger partial charge in [-0.2, -0.15) is 12.7 Å². The lowest BCUT2D eigenvalue weighted by atomic mass is 9.76. The van der Waals surface area contributed by atoms with Crippen molar-refractivity contribution in [3.05, 3.63) is 51.3 Å². The highest BCUT2D eigenvalue weighted by Gasteiger charge is 2.37. The van der Waals surface area contributed by atoms with Gasteiger partial charge in [0.1, 0.15) is 17.8 Å². The van der Waals surface area contributed by atoms with Gasteiger partial charge in [-0.3, -0.25) is 9.78 Å². The maximum Gasteiger partial charge on any atom is 0.323 e. The lowest BCUT2D eigenvalue weighted by Gasteiger charge is -2.37. The van der Waals surface area contributed by atoms with Crippen LogP contribution in [0, 0.1) is 11.8 Å². The Kier molecular flexibility index (Phi) is 10.5. The number of piperidine rings is 1. The molecule has 11 nitrogen and oxygen atoms in total. The van der Waals surface area contributed by atoms with E-state index in [1.165, 1.54) is 33.5 Å². The maximum absolute atomic E-state index is 13.2. The molecule has 5 rings (SSSR count). The van der Waals surface area contributed by atoms with Crippen LogP contribution in [0.3, 0.4) is 0 Å². The van der Waals surface area contributed by atoms with Crippen molar-refractivity contribution >= 4 is 38.4 Å². The minimum atomic E-state index is -3.65. The van der Waals surface area contributed by atoms with E-state index >= 15 is 0 Å². The third kappa shape index (κ3) is 7.24. The Balaban J connectivity index is 0.00000198. The van der Waals surface area contributed by atoms with Crippen LogP contribution in [0.1, 0.15) is 54.0 Å². The first-order valence-corrected chi connectivity index (χ1v) is 16.5. The van der Waals surface area contributed by atoms with Crippen molar-refractivity contribution in [1.29, 1.82) is 0 Å².